The summed E-state index contributed by atoms with van der Waals surface area (Å²) in [6.07, 6.45) is 0.000333. The lowest BCUT2D eigenvalue weighted by Gasteiger charge is -2.16. The van der Waals surface area contributed by atoms with E-state index in [-0.39, 0.29) is 18.5 Å². The van der Waals surface area contributed by atoms with Crippen LogP contribution in [-0.2, 0) is 4.79 Å². The molecule has 1 unspecified atom stereocenters. The zero-order chi connectivity index (χ0) is 10.7. The van der Waals surface area contributed by atoms with Crippen LogP contribution < -0.4 is 5.32 Å². The third-order valence-corrected chi connectivity index (χ3v) is 2.06. The highest BCUT2D eigenvalue weighted by Crippen LogP contribution is 2.09. The van der Waals surface area contributed by atoms with E-state index in [4.69, 9.17) is 5.11 Å². The fourth-order valence-electron chi connectivity index (χ4n) is 1.59. The number of carboxylic acid groups (broad SMARTS) is 1. The lowest BCUT2D eigenvalue weighted by Crippen LogP contribution is -2.31. The second-order valence-corrected chi connectivity index (χ2v) is 4.04. The van der Waals surface area contributed by atoms with Gasteiger partial charge in [-0.25, -0.2) is 4.79 Å². The fourth-order valence-corrected chi connectivity index (χ4v) is 1.59. The summed E-state index contributed by atoms with van der Waals surface area (Å²) in [6, 6.07) is -0.385. The Morgan fingerprint density at radius 3 is 2.86 bits per heavy atom. The van der Waals surface area contributed by atoms with E-state index in [2.05, 4.69) is 5.32 Å². The minimum absolute atomic E-state index is 0.000333. The van der Waals surface area contributed by atoms with Gasteiger partial charge in [-0.1, -0.05) is 13.8 Å². The predicted molar refractivity (Wildman–Crippen MR) is 51.0 cm³/mol. The van der Waals surface area contributed by atoms with E-state index in [9.17, 15) is 9.59 Å². The molecule has 0 bridgehead atoms. The fraction of sp³-hybridized carbons (Fsp3) is 0.778. The summed E-state index contributed by atoms with van der Waals surface area (Å²) in [6.45, 7) is 5.24. The molecular formula is C9H16N2O3. The van der Waals surface area contributed by atoms with Crippen molar-refractivity contribution in [1.82, 2.24) is 10.2 Å². The maximum Gasteiger partial charge on any atom is 0.317 e. The van der Waals surface area contributed by atoms with Crippen molar-refractivity contribution in [3.8, 4) is 0 Å². The molecular weight excluding hydrogens is 184 g/mol. The second kappa shape index (κ2) is 4.30. The van der Waals surface area contributed by atoms with Gasteiger partial charge in [-0.05, 0) is 5.92 Å². The van der Waals surface area contributed by atoms with Crippen molar-refractivity contribution in [1.29, 1.82) is 0 Å². The molecule has 0 aliphatic carbocycles. The number of carboxylic acids is 1. The van der Waals surface area contributed by atoms with Crippen LogP contribution in [0.3, 0.4) is 0 Å². The van der Waals surface area contributed by atoms with Crippen LogP contribution in [0.5, 0.6) is 0 Å². The quantitative estimate of drug-likeness (QED) is 0.694. The maximum absolute atomic E-state index is 11.3. The van der Waals surface area contributed by atoms with Gasteiger partial charge in [-0.3, -0.25) is 4.79 Å². The average molecular weight is 200 g/mol. The van der Waals surface area contributed by atoms with Gasteiger partial charge >= 0.3 is 12.0 Å². The van der Waals surface area contributed by atoms with E-state index < -0.39 is 5.97 Å². The number of nitrogens with one attached hydrogen (secondary N) is 1. The highest BCUT2D eigenvalue weighted by atomic mass is 16.4. The molecule has 1 saturated heterocycles. The Kier molecular flexibility index (Phi) is 3.33. The van der Waals surface area contributed by atoms with Crippen molar-refractivity contribution in [2.24, 2.45) is 5.92 Å². The highest BCUT2D eigenvalue weighted by molar-refractivity contribution is 5.78. The Morgan fingerprint density at radius 2 is 2.36 bits per heavy atom. The molecule has 80 valence electrons. The molecule has 5 heteroatoms. The van der Waals surface area contributed by atoms with Crippen LogP contribution in [0.15, 0.2) is 0 Å². The smallest absolute Gasteiger partial charge is 0.317 e. The number of rotatable bonds is 4. The number of hydrogen-bond donors (Lipinski definition) is 2. The number of nitrogens with zero attached hydrogens (tertiary/aromatic N) is 1. The third-order valence-electron chi connectivity index (χ3n) is 2.06. The van der Waals surface area contributed by atoms with Crippen LogP contribution in [-0.4, -0.2) is 41.1 Å². The molecule has 1 aliphatic rings. The number of urea groups is 1. The molecule has 2 N–H and O–H groups in total. The van der Waals surface area contributed by atoms with Gasteiger partial charge in [0.05, 0.1) is 12.5 Å². The first kappa shape index (κ1) is 10.8. The topological polar surface area (TPSA) is 69.6 Å². The normalized spacial score (nSPS) is 21.5. The summed E-state index contributed by atoms with van der Waals surface area (Å²) in [5.74, 6) is -0.467. The molecule has 1 atom stereocenters. The van der Waals surface area contributed by atoms with Crippen molar-refractivity contribution < 1.29 is 14.7 Å². The molecule has 0 spiro atoms. The Labute approximate surface area is 83.1 Å². The lowest BCUT2D eigenvalue weighted by atomic mass is 10.2. The van der Waals surface area contributed by atoms with Crippen LogP contribution in [0.2, 0.25) is 0 Å². The van der Waals surface area contributed by atoms with Gasteiger partial charge in [0.15, 0.2) is 0 Å². The number of hydrogen-bond acceptors (Lipinski definition) is 2. The van der Waals surface area contributed by atoms with Gasteiger partial charge in [0.1, 0.15) is 0 Å². The van der Waals surface area contributed by atoms with Crippen molar-refractivity contribution in [3.05, 3.63) is 0 Å². The standard InChI is InChI=1S/C9H16N2O3/c1-6(2)4-11-5-7(3-8(12)13)10-9(11)14/h6-7H,3-5H2,1-2H3,(H,10,14)(H,12,13). The minimum atomic E-state index is -0.873. The van der Waals surface area contributed by atoms with Crippen LogP contribution >= 0.6 is 0 Å². The van der Waals surface area contributed by atoms with Gasteiger partial charge in [-0.2, -0.15) is 0 Å². The van der Waals surface area contributed by atoms with Crippen LogP contribution in [0, 0.1) is 5.92 Å². The SMILES string of the molecule is CC(C)CN1CC(CC(=O)O)NC1=O. The van der Waals surface area contributed by atoms with Gasteiger partial charge in [-0.15, -0.1) is 0 Å². The number of aliphatic carboxylic acids is 1. The van der Waals surface area contributed by atoms with Crippen LogP contribution in [0.25, 0.3) is 0 Å². The van der Waals surface area contributed by atoms with Crippen LogP contribution in [0.4, 0.5) is 4.79 Å². The van der Waals surface area contributed by atoms with Crippen molar-refractivity contribution in [2.75, 3.05) is 13.1 Å². The van der Waals surface area contributed by atoms with Gasteiger partial charge in [0.2, 0.25) is 0 Å². The Bertz CT molecular complexity index is 240. The molecule has 2 amide bonds. The Hall–Kier alpha value is -1.26. The predicted octanol–water partition coefficient (Wildman–Crippen LogP) is 0.511. The second-order valence-electron chi connectivity index (χ2n) is 4.04. The monoisotopic (exact) mass is 200 g/mol. The summed E-state index contributed by atoms with van der Waals surface area (Å²) in [7, 11) is 0. The molecule has 0 aromatic heterocycles. The Balaban J connectivity index is 2.43. The van der Waals surface area contributed by atoms with Gasteiger partial charge in [0.25, 0.3) is 0 Å². The lowest BCUT2D eigenvalue weighted by molar-refractivity contribution is -0.137. The van der Waals surface area contributed by atoms with Crippen molar-refractivity contribution >= 4 is 12.0 Å². The van der Waals surface area contributed by atoms with Gasteiger partial charge < -0.3 is 15.3 Å². The molecule has 5 nitrogen and oxygen atoms in total. The van der Waals surface area contributed by atoms with E-state index in [1.807, 2.05) is 13.8 Å². The molecule has 0 aromatic rings. The average Bonchev–Trinajstić information content (AvgIpc) is 2.28. The van der Waals surface area contributed by atoms with Gasteiger partial charge in [0, 0.05) is 13.1 Å². The molecule has 1 rings (SSSR count). The molecule has 0 radical (unpaired) electrons. The van der Waals surface area contributed by atoms with E-state index in [1.54, 1.807) is 4.90 Å². The summed E-state index contributed by atoms with van der Waals surface area (Å²) in [4.78, 5) is 23.4. The van der Waals surface area contributed by atoms with E-state index in [0.717, 1.165) is 0 Å². The molecule has 1 aliphatic heterocycles. The van der Waals surface area contributed by atoms with Crippen molar-refractivity contribution in [2.45, 2.75) is 26.3 Å². The number of carbonyl (C=O) groups excluding carboxylic acids is 1. The van der Waals surface area contributed by atoms with Crippen LogP contribution in [0.1, 0.15) is 20.3 Å². The number of amides is 2. The number of carbonyl (C=O) groups is 2. The zero-order valence-electron chi connectivity index (χ0n) is 8.49. The largest absolute Gasteiger partial charge is 0.481 e. The molecule has 1 fully saturated rings. The third kappa shape index (κ3) is 2.90. The van der Waals surface area contributed by atoms with E-state index in [0.29, 0.717) is 19.0 Å². The first-order valence-corrected chi connectivity index (χ1v) is 4.76. The summed E-state index contributed by atoms with van der Waals surface area (Å²) in [5.41, 5.74) is 0. The summed E-state index contributed by atoms with van der Waals surface area (Å²) >= 11 is 0. The molecule has 0 aromatic carbocycles. The van der Waals surface area contributed by atoms with E-state index >= 15 is 0 Å². The minimum Gasteiger partial charge on any atom is -0.481 e. The van der Waals surface area contributed by atoms with Crippen molar-refractivity contribution in [3.63, 3.8) is 0 Å². The summed E-state index contributed by atoms with van der Waals surface area (Å²) in [5, 5.41) is 11.2. The van der Waals surface area contributed by atoms with E-state index in [1.165, 1.54) is 0 Å². The zero-order valence-corrected chi connectivity index (χ0v) is 8.49. The molecule has 14 heavy (non-hydrogen) atoms. The first-order valence-electron chi connectivity index (χ1n) is 4.76. The maximum atomic E-state index is 11.3. The molecule has 1 heterocycles. The molecule has 0 saturated carbocycles. The first-order chi connectivity index (χ1) is 6.49. The highest BCUT2D eigenvalue weighted by Gasteiger charge is 2.29. The summed E-state index contributed by atoms with van der Waals surface area (Å²) < 4.78 is 0. The Morgan fingerprint density at radius 1 is 1.71 bits per heavy atom.